The molecule has 1 aliphatic carbocycles. The standard InChI is InChI=1S/C15H21F2N5O2/c16-15(17)5-12(18-9-15)14(24)21-11-6-19-22(7-11)8-13(23)20-10-3-1-2-4-10/h6-7,10,12,18H,1-5,8-9H2,(H,20,23)(H,21,24). The fourth-order valence-corrected chi connectivity index (χ4v) is 3.14. The van der Waals surface area contributed by atoms with Crippen LogP contribution in [0, 0.1) is 0 Å². The predicted molar refractivity (Wildman–Crippen MR) is 82.6 cm³/mol. The minimum atomic E-state index is -2.86. The molecule has 1 aromatic rings. The molecule has 1 aromatic heterocycles. The van der Waals surface area contributed by atoms with Crippen LogP contribution >= 0.6 is 0 Å². The summed E-state index contributed by atoms with van der Waals surface area (Å²) in [6, 6.07) is -0.684. The van der Waals surface area contributed by atoms with E-state index in [1.165, 1.54) is 17.1 Å². The van der Waals surface area contributed by atoms with Crippen molar-refractivity contribution in [3.8, 4) is 0 Å². The summed E-state index contributed by atoms with van der Waals surface area (Å²) in [5.41, 5.74) is 0.380. The third-order valence-corrected chi connectivity index (χ3v) is 4.35. The van der Waals surface area contributed by atoms with E-state index in [9.17, 15) is 18.4 Å². The van der Waals surface area contributed by atoms with Crippen LogP contribution in [0.3, 0.4) is 0 Å². The van der Waals surface area contributed by atoms with Gasteiger partial charge in [0.2, 0.25) is 11.8 Å². The van der Waals surface area contributed by atoms with Crippen LogP contribution in [0.4, 0.5) is 14.5 Å². The quantitative estimate of drug-likeness (QED) is 0.742. The van der Waals surface area contributed by atoms with E-state index >= 15 is 0 Å². The number of nitrogens with one attached hydrogen (secondary N) is 3. The molecule has 0 radical (unpaired) electrons. The van der Waals surface area contributed by atoms with Gasteiger partial charge >= 0.3 is 0 Å². The van der Waals surface area contributed by atoms with E-state index in [0.29, 0.717) is 5.69 Å². The van der Waals surface area contributed by atoms with Crippen LogP contribution in [0.15, 0.2) is 12.4 Å². The van der Waals surface area contributed by atoms with Crippen molar-refractivity contribution in [2.24, 2.45) is 0 Å². The molecule has 7 nitrogen and oxygen atoms in total. The average Bonchev–Trinajstić information content (AvgIpc) is 3.21. The fourth-order valence-electron chi connectivity index (χ4n) is 3.14. The average molecular weight is 341 g/mol. The summed E-state index contributed by atoms with van der Waals surface area (Å²) in [5, 5.41) is 12.0. The summed E-state index contributed by atoms with van der Waals surface area (Å²) in [7, 11) is 0. The maximum absolute atomic E-state index is 13.1. The summed E-state index contributed by atoms with van der Waals surface area (Å²) in [4.78, 5) is 23.9. The SMILES string of the molecule is O=C(Cn1cc(NC(=O)C2CC(F)(F)CN2)cn1)NC1CCCC1. The number of aromatic nitrogens is 2. The van der Waals surface area contributed by atoms with E-state index in [-0.39, 0.29) is 18.5 Å². The van der Waals surface area contributed by atoms with Gasteiger partial charge in [0.1, 0.15) is 6.54 Å². The zero-order valence-electron chi connectivity index (χ0n) is 13.2. The Morgan fingerprint density at radius 1 is 1.38 bits per heavy atom. The van der Waals surface area contributed by atoms with Crippen LogP contribution in [0.25, 0.3) is 0 Å². The summed E-state index contributed by atoms with van der Waals surface area (Å²) < 4.78 is 27.6. The van der Waals surface area contributed by atoms with Gasteiger partial charge in [-0.1, -0.05) is 12.8 Å². The molecule has 1 saturated heterocycles. The van der Waals surface area contributed by atoms with E-state index in [0.717, 1.165) is 25.7 Å². The van der Waals surface area contributed by atoms with Gasteiger partial charge in [-0.25, -0.2) is 8.78 Å². The van der Waals surface area contributed by atoms with Gasteiger partial charge in [0.25, 0.3) is 5.92 Å². The molecule has 1 aliphatic heterocycles. The van der Waals surface area contributed by atoms with Gasteiger partial charge in [0.05, 0.1) is 24.5 Å². The van der Waals surface area contributed by atoms with Crippen LogP contribution < -0.4 is 16.0 Å². The van der Waals surface area contributed by atoms with Crippen molar-refractivity contribution in [1.29, 1.82) is 0 Å². The zero-order chi connectivity index (χ0) is 17.2. The molecule has 24 heavy (non-hydrogen) atoms. The van der Waals surface area contributed by atoms with Crippen LogP contribution in [0.5, 0.6) is 0 Å². The lowest BCUT2D eigenvalue weighted by Crippen LogP contribution is -2.35. The number of amides is 2. The lowest BCUT2D eigenvalue weighted by molar-refractivity contribution is -0.122. The summed E-state index contributed by atoms with van der Waals surface area (Å²) in [6.07, 6.45) is 6.68. The molecule has 132 valence electrons. The van der Waals surface area contributed by atoms with Gasteiger partial charge in [0.15, 0.2) is 0 Å². The van der Waals surface area contributed by atoms with Gasteiger partial charge in [-0.3, -0.25) is 19.6 Å². The summed E-state index contributed by atoms with van der Waals surface area (Å²) >= 11 is 0. The van der Waals surface area contributed by atoms with Gasteiger partial charge in [0, 0.05) is 18.7 Å². The smallest absolute Gasteiger partial charge is 0.262 e. The first kappa shape index (κ1) is 16.8. The Bertz CT molecular complexity index is 613. The molecular formula is C15H21F2N5O2. The Balaban J connectivity index is 1.48. The second-order valence-corrected chi connectivity index (χ2v) is 6.46. The monoisotopic (exact) mass is 341 g/mol. The number of hydrogen-bond donors (Lipinski definition) is 3. The number of carbonyl (C=O) groups is 2. The maximum Gasteiger partial charge on any atom is 0.262 e. The van der Waals surface area contributed by atoms with Crippen molar-refractivity contribution in [2.45, 2.75) is 56.7 Å². The third-order valence-electron chi connectivity index (χ3n) is 4.35. The van der Waals surface area contributed by atoms with E-state index in [2.05, 4.69) is 21.0 Å². The molecule has 1 atom stereocenters. The number of carbonyl (C=O) groups excluding carboxylic acids is 2. The molecule has 3 rings (SSSR count). The highest BCUT2D eigenvalue weighted by molar-refractivity contribution is 5.95. The van der Waals surface area contributed by atoms with E-state index in [1.807, 2.05) is 0 Å². The van der Waals surface area contributed by atoms with E-state index in [4.69, 9.17) is 0 Å². The lowest BCUT2D eigenvalue weighted by atomic mass is 10.2. The van der Waals surface area contributed by atoms with Crippen molar-refractivity contribution in [1.82, 2.24) is 20.4 Å². The molecule has 0 bridgehead atoms. The summed E-state index contributed by atoms with van der Waals surface area (Å²) in [5.74, 6) is -3.51. The van der Waals surface area contributed by atoms with Gasteiger partial charge in [-0.05, 0) is 12.8 Å². The normalized spacial score (nSPS) is 23.3. The number of hydrogen-bond acceptors (Lipinski definition) is 4. The van der Waals surface area contributed by atoms with Crippen LogP contribution in [-0.2, 0) is 16.1 Å². The second-order valence-electron chi connectivity index (χ2n) is 6.46. The molecule has 0 spiro atoms. The van der Waals surface area contributed by atoms with E-state index < -0.39 is 30.8 Å². The van der Waals surface area contributed by atoms with Crippen LogP contribution in [0.2, 0.25) is 0 Å². The Kier molecular flexibility index (Phi) is 4.79. The van der Waals surface area contributed by atoms with Crippen LogP contribution in [-0.4, -0.2) is 46.1 Å². The maximum atomic E-state index is 13.1. The predicted octanol–water partition coefficient (Wildman–Crippen LogP) is 0.878. The molecular weight excluding hydrogens is 320 g/mol. The van der Waals surface area contributed by atoms with Gasteiger partial charge in [-0.2, -0.15) is 5.10 Å². The number of nitrogens with zero attached hydrogens (tertiary/aromatic N) is 2. The third kappa shape index (κ3) is 4.28. The fraction of sp³-hybridized carbons (Fsp3) is 0.667. The van der Waals surface area contributed by atoms with Crippen molar-refractivity contribution in [3.05, 3.63) is 12.4 Å². The first-order valence-electron chi connectivity index (χ1n) is 8.15. The number of halogens is 2. The Labute approximate surface area is 138 Å². The highest BCUT2D eigenvalue weighted by Crippen LogP contribution is 2.25. The molecule has 1 saturated carbocycles. The molecule has 2 fully saturated rings. The highest BCUT2D eigenvalue weighted by Gasteiger charge is 2.42. The number of anilines is 1. The molecule has 2 amide bonds. The molecule has 3 N–H and O–H groups in total. The van der Waals surface area contributed by atoms with Crippen molar-refractivity contribution >= 4 is 17.5 Å². The minimum Gasteiger partial charge on any atom is -0.352 e. The lowest BCUT2D eigenvalue weighted by Gasteiger charge is -2.11. The molecule has 9 heteroatoms. The summed E-state index contributed by atoms with van der Waals surface area (Å²) in [6.45, 7) is -0.433. The Hall–Kier alpha value is -2.03. The first-order chi connectivity index (χ1) is 11.4. The minimum absolute atomic E-state index is 0.0616. The molecule has 1 unspecified atom stereocenters. The van der Waals surface area contributed by atoms with Crippen molar-refractivity contribution in [2.75, 3.05) is 11.9 Å². The topological polar surface area (TPSA) is 88.1 Å². The van der Waals surface area contributed by atoms with Crippen LogP contribution in [0.1, 0.15) is 32.1 Å². The second kappa shape index (κ2) is 6.84. The van der Waals surface area contributed by atoms with Crippen molar-refractivity contribution in [3.63, 3.8) is 0 Å². The molecule has 2 heterocycles. The Morgan fingerprint density at radius 3 is 2.79 bits per heavy atom. The van der Waals surface area contributed by atoms with Gasteiger partial charge in [-0.15, -0.1) is 0 Å². The Morgan fingerprint density at radius 2 is 2.12 bits per heavy atom. The first-order valence-corrected chi connectivity index (χ1v) is 8.15. The molecule has 2 aliphatic rings. The zero-order valence-corrected chi connectivity index (χ0v) is 13.2. The van der Waals surface area contributed by atoms with Gasteiger partial charge < -0.3 is 10.6 Å². The van der Waals surface area contributed by atoms with Crippen molar-refractivity contribution < 1.29 is 18.4 Å². The van der Waals surface area contributed by atoms with E-state index in [1.54, 1.807) is 0 Å². The number of alkyl halides is 2. The highest BCUT2D eigenvalue weighted by atomic mass is 19.3. The number of rotatable bonds is 5. The molecule has 0 aromatic carbocycles. The largest absolute Gasteiger partial charge is 0.352 e.